The number of ether oxygens (including phenoxy) is 1. The van der Waals surface area contributed by atoms with Crippen molar-refractivity contribution in [3.8, 4) is 11.6 Å². The molecule has 4 aromatic rings. The highest BCUT2D eigenvalue weighted by Gasteiger charge is 2.26. The third-order valence-electron chi connectivity index (χ3n) is 4.10. The molecule has 0 atom stereocenters. The number of aromatic nitrogens is 4. The fourth-order valence-electron chi connectivity index (χ4n) is 2.72. The molecule has 29 heavy (non-hydrogen) atoms. The van der Waals surface area contributed by atoms with E-state index in [4.69, 9.17) is 4.74 Å². The van der Waals surface area contributed by atoms with Crippen molar-refractivity contribution >= 4 is 44.2 Å². The molecule has 1 N–H and O–H groups in total. The van der Waals surface area contributed by atoms with E-state index < -0.39 is 10.6 Å². The van der Waals surface area contributed by atoms with Gasteiger partial charge in [0.05, 0.1) is 4.92 Å². The first kappa shape index (κ1) is 18.7. The van der Waals surface area contributed by atoms with Gasteiger partial charge in [0, 0.05) is 22.3 Å². The smallest absolute Gasteiger partial charge is 0.373 e. The lowest BCUT2D eigenvalue weighted by Gasteiger charge is -2.11. The second-order valence-corrected chi connectivity index (χ2v) is 6.83. The molecule has 3 aromatic heterocycles. The number of hydrogen-bond donors (Lipinski definition) is 1. The van der Waals surface area contributed by atoms with Crippen molar-refractivity contribution in [2.45, 2.75) is 6.92 Å². The molecule has 0 amide bonds. The van der Waals surface area contributed by atoms with Crippen molar-refractivity contribution in [1.29, 1.82) is 0 Å². The quantitative estimate of drug-likeness (QED) is 0.334. The van der Waals surface area contributed by atoms with E-state index in [1.807, 2.05) is 19.1 Å². The van der Waals surface area contributed by atoms with Gasteiger partial charge in [0.25, 0.3) is 0 Å². The van der Waals surface area contributed by atoms with Gasteiger partial charge < -0.3 is 10.1 Å². The highest BCUT2D eigenvalue weighted by molar-refractivity contribution is 9.10. The van der Waals surface area contributed by atoms with Gasteiger partial charge >= 0.3 is 11.6 Å². The van der Waals surface area contributed by atoms with Crippen LogP contribution in [0.25, 0.3) is 10.9 Å². The van der Waals surface area contributed by atoms with E-state index in [0.717, 1.165) is 15.4 Å². The van der Waals surface area contributed by atoms with Gasteiger partial charge in [0.2, 0.25) is 5.82 Å². The lowest BCUT2D eigenvalue weighted by Crippen LogP contribution is -2.05. The molecule has 0 aliphatic carbocycles. The molecule has 0 fully saturated rings. The highest BCUT2D eigenvalue weighted by Crippen LogP contribution is 2.38. The van der Waals surface area contributed by atoms with E-state index in [0.29, 0.717) is 17.1 Å². The molecule has 10 heteroatoms. The number of benzene rings is 1. The van der Waals surface area contributed by atoms with Crippen molar-refractivity contribution in [3.63, 3.8) is 0 Å². The van der Waals surface area contributed by atoms with Gasteiger partial charge in [-0.15, -0.1) is 0 Å². The topological polar surface area (TPSA) is 116 Å². The molecule has 0 aliphatic rings. The summed E-state index contributed by atoms with van der Waals surface area (Å²) < 4.78 is 6.64. The number of nitrogens with zero attached hydrogens (tertiary/aromatic N) is 5. The Morgan fingerprint density at radius 1 is 1.03 bits per heavy atom. The van der Waals surface area contributed by atoms with Crippen LogP contribution in [0.1, 0.15) is 5.56 Å². The summed E-state index contributed by atoms with van der Waals surface area (Å²) in [6.45, 7) is 1.83. The Morgan fingerprint density at radius 3 is 2.62 bits per heavy atom. The van der Waals surface area contributed by atoms with Crippen molar-refractivity contribution in [3.05, 3.63) is 75.3 Å². The predicted molar refractivity (Wildman–Crippen MR) is 110 cm³/mol. The Kier molecular flexibility index (Phi) is 5.00. The van der Waals surface area contributed by atoms with Crippen LogP contribution in [0.5, 0.6) is 11.6 Å². The minimum atomic E-state index is -0.593. The summed E-state index contributed by atoms with van der Waals surface area (Å²) in [7, 11) is 0. The summed E-state index contributed by atoms with van der Waals surface area (Å²) in [5.41, 5.74) is 0.959. The van der Waals surface area contributed by atoms with E-state index in [2.05, 4.69) is 41.2 Å². The molecule has 0 bridgehead atoms. The highest BCUT2D eigenvalue weighted by atomic mass is 79.9. The first-order valence-electron chi connectivity index (χ1n) is 8.43. The third-order valence-corrected chi connectivity index (χ3v) is 4.80. The molecule has 0 saturated carbocycles. The first-order chi connectivity index (χ1) is 14.0. The SMILES string of the molecule is Cc1cccnc1Nc1ncnc(Oc2ccc(Br)c3cccnc23)c1[N+](=O)[O-]. The van der Waals surface area contributed by atoms with Crippen LogP contribution in [0.3, 0.4) is 0 Å². The fraction of sp³-hybridized carbons (Fsp3) is 0.0526. The minimum absolute atomic E-state index is 0.0174. The van der Waals surface area contributed by atoms with E-state index in [1.54, 1.807) is 36.7 Å². The summed E-state index contributed by atoms with van der Waals surface area (Å²) >= 11 is 3.46. The maximum Gasteiger partial charge on any atom is 0.373 e. The van der Waals surface area contributed by atoms with Crippen molar-refractivity contribution in [2.24, 2.45) is 0 Å². The molecule has 1 aromatic carbocycles. The summed E-state index contributed by atoms with van der Waals surface area (Å²) in [6.07, 6.45) is 4.39. The van der Waals surface area contributed by atoms with Crippen LogP contribution in [0, 0.1) is 17.0 Å². The average molecular weight is 453 g/mol. The summed E-state index contributed by atoms with van der Waals surface area (Å²) in [5, 5.41) is 15.5. The summed E-state index contributed by atoms with van der Waals surface area (Å²) in [4.78, 5) is 27.7. The van der Waals surface area contributed by atoms with Gasteiger partial charge in [0.15, 0.2) is 5.75 Å². The monoisotopic (exact) mass is 452 g/mol. The van der Waals surface area contributed by atoms with Crippen LogP contribution >= 0.6 is 15.9 Å². The zero-order valence-corrected chi connectivity index (χ0v) is 16.6. The summed E-state index contributed by atoms with van der Waals surface area (Å²) in [5.74, 6) is 0.577. The van der Waals surface area contributed by atoms with Crippen LogP contribution in [0.2, 0.25) is 0 Å². The molecule has 3 heterocycles. The second kappa shape index (κ2) is 7.76. The number of hydrogen-bond acceptors (Lipinski definition) is 8. The Balaban J connectivity index is 1.78. The van der Waals surface area contributed by atoms with Gasteiger partial charge in [0.1, 0.15) is 17.7 Å². The largest absolute Gasteiger partial charge is 0.431 e. The molecule has 144 valence electrons. The van der Waals surface area contributed by atoms with Gasteiger partial charge in [-0.2, -0.15) is 4.98 Å². The molecular formula is C19H13BrN6O3. The van der Waals surface area contributed by atoms with Crippen LogP contribution in [0.15, 0.2) is 59.6 Å². The lowest BCUT2D eigenvalue weighted by atomic mass is 10.2. The molecule has 4 rings (SSSR count). The second-order valence-electron chi connectivity index (χ2n) is 5.97. The molecule has 0 saturated heterocycles. The standard InChI is InChI=1S/C19H13BrN6O3/c1-11-4-2-9-22-17(11)25-18-16(26(27)28)19(24-10-23-18)29-14-7-6-13(20)12-5-3-8-21-15(12)14/h2-10H,1H3,(H,22,23,24,25). The lowest BCUT2D eigenvalue weighted by molar-refractivity contribution is -0.385. The number of fused-ring (bicyclic) bond motifs is 1. The molecular weight excluding hydrogens is 440 g/mol. The molecule has 0 aliphatic heterocycles. The molecule has 0 unspecified atom stereocenters. The van der Waals surface area contributed by atoms with E-state index in [-0.39, 0.29) is 11.7 Å². The number of rotatable bonds is 5. The predicted octanol–water partition coefficient (Wildman–Crippen LogP) is 4.93. The fourth-order valence-corrected chi connectivity index (χ4v) is 3.17. The maximum absolute atomic E-state index is 11.8. The van der Waals surface area contributed by atoms with E-state index >= 15 is 0 Å². The Morgan fingerprint density at radius 2 is 1.83 bits per heavy atom. The van der Waals surface area contributed by atoms with Crippen molar-refractivity contribution in [1.82, 2.24) is 19.9 Å². The van der Waals surface area contributed by atoms with Gasteiger partial charge in [-0.25, -0.2) is 9.97 Å². The van der Waals surface area contributed by atoms with E-state index in [9.17, 15) is 10.1 Å². The molecule has 9 nitrogen and oxygen atoms in total. The zero-order chi connectivity index (χ0) is 20.4. The number of nitrogens with one attached hydrogen (secondary N) is 1. The van der Waals surface area contributed by atoms with Gasteiger partial charge in [-0.05, 0) is 36.8 Å². The van der Waals surface area contributed by atoms with Gasteiger partial charge in [-0.1, -0.05) is 28.1 Å². The minimum Gasteiger partial charge on any atom is -0.431 e. The Hall–Kier alpha value is -3.66. The average Bonchev–Trinajstić information content (AvgIpc) is 2.72. The molecule has 0 spiro atoms. The van der Waals surface area contributed by atoms with Crippen LogP contribution in [-0.4, -0.2) is 24.9 Å². The summed E-state index contributed by atoms with van der Waals surface area (Å²) in [6, 6.07) is 10.7. The maximum atomic E-state index is 11.8. The number of anilines is 2. The van der Waals surface area contributed by atoms with Crippen LogP contribution in [-0.2, 0) is 0 Å². The first-order valence-corrected chi connectivity index (χ1v) is 9.23. The molecule has 0 radical (unpaired) electrons. The normalized spacial score (nSPS) is 10.7. The third kappa shape index (κ3) is 3.69. The number of nitro groups is 1. The van der Waals surface area contributed by atoms with Crippen molar-refractivity contribution < 1.29 is 9.66 Å². The van der Waals surface area contributed by atoms with Gasteiger partial charge in [-0.3, -0.25) is 15.1 Å². The van der Waals surface area contributed by atoms with Crippen LogP contribution in [0.4, 0.5) is 17.3 Å². The number of halogens is 1. The van der Waals surface area contributed by atoms with Crippen LogP contribution < -0.4 is 10.1 Å². The number of aryl methyl sites for hydroxylation is 1. The Bertz CT molecular complexity index is 1230. The Labute approximate surface area is 173 Å². The van der Waals surface area contributed by atoms with Crippen molar-refractivity contribution in [2.75, 3.05) is 5.32 Å². The van der Waals surface area contributed by atoms with E-state index in [1.165, 1.54) is 6.33 Å². The zero-order valence-electron chi connectivity index (χ0n) is 15.0. The number of pyridine rings is 2.